The SMILES string of the molecule is CC(C)CCC[C@@H](C)[C@H]1CCC2C3CC=C4CC(C(=O)NCCCN(C)C)CC[C@]4(C)C3CC[C@@]21C. The molecule has 0 heterocycles. The lowest BCUT2D eigenvalue weighted by molar-refractivity contribution is -0.126. The lowest BCUT2D eigenvalue weighted by Gasteiger charge is -2.58. The highest BCUT2D eigenvalue weighted by atomic mass is 16.1. The number of hydrogen-bond donors (Lipinski definition) is 1. The van der Waals surface area contributed by atoms with Crippen LogP contribution in [0.2, 0.25) is 0 Å². The van der Waals surface area contributed by atoms with Crippen LogP contribution in [0.15, 0.2) is 11.6 Å². The first-order valence-electron chi connectivity index (χ1n) is 15.7. The molecule has 0 aliphatic heterocycles. The van der Waals surface area contributed by atoms with E-state index < -0.39 is 0 Å². The Morgan fingerprint density at radius 3 is 2.53 bits per heavy atom. The summed E-state index contributed by atoms with van der Waals surface area (Å²) in [5, 5.41) is 3.25. The van der Waals surface area contributed by atoms with Gasteiger partial charge in [0.25, 0.3) is 0 Å². The van der Waals surface area contributed by atoms with E-state index in [2.05, 4.69) is 65.0 Å². The first kappa shape index (κ1) is 28.2. The van der Waals surface area contributed by atoms with Crippen molar-refractivity contribution in [1.29, 1.82) is 0 Å². The van der Waals surface area contributed by atoms with Crippen molar-refractivity contribution in [3.05, 3.63) is 11.6 Å². The maximum Gasteiger partial charge on any atom is 0.223 e. The average Bonchev–Trinajstić information content (AvgIpc) is 3.18. The Balaban J connectivity index is 1.38. The van der Waals surface area contributed by atoms with Crippen molar-refractivity contribution in [2.24, 2.45) is 52.3 Å². The summed E-state index contributed by atoms with van der Waals surface area (Å²) in [5.41, 5.74) is 2.54. The molecule has 0 saturated heterocycles. The van der Waals surface area contributed by atoms with Crippen LogP contribution in [0.1, 0.15) is 112 Å². The molecule has 4 unspecified atom stereocenters. The van der Waals surface area contributed by atoms with Gasteiger partial charge in [-0.05, 0) is 125 Å². The Hall–Kier alpha value is -0.830. The molecule has 36 heavy (non-hydrogen) atoms. The summed E-state index contributed by atoms with van der Waals surface area (Å²) in [6.45, 7) is 14.5. The minimum Gasteiger partial charge on any atom is -0.356 e. The van der Waals surface area contributed by atoms with E-state index in [0.29, 0.717) is 16.7 Å². The van der Waals surface area contributed by atoms with E-state index in [1.165, 1.54) is 57.8 Å². The third kappa shape index (κ3) is 5.62. The molecule has 1 amide bonds. The van der Waals surface area contributed by atoms with Crippen molar-refractivity contribution >= 4 is 5.91 Å². The third-order valence-corrected chi connectivity index (χ3v) is 11.8. The molecule has 0 spiro atoms. The summed E-state index contributed by atoms with van der Waals surface area (Å²) in [7, 11) is 4.20. The van der Waals surface area contributed by atoms with E-state index in [1.54, 1.807) is 5.57 Å². The largest absolute Gasteiger partial charge is 0.356 e. The van der Waals surface area contributed by atoms with Crippen LogP contribution in [0, 0.1) is 52.3 Å². The molecule has 3 nitrogen and oxygen atoms in total. The molecule has 4 aliphatic rings. The monoisotopic (exact) mass is 498 g/mol. The molecule has 0 aromatic rings. The highest BCUT2D eigenvalue weighted by molar-refractivity contribution is 5.79. The summed E-state index contributed by atoms with van der Waals surface area (Å²) < 4.78 is 0. The Labute approximate surface area is 223 Å². The third-order valence-electron chi connectivity index (χ3n) is 11.8. The number of hydrogen-bond acceptors (Lipinski definition) is 2. The molecule has 8 atom stereocenters. The lowest BCUT2D eigenvalue weighted by Crippen LogP contribution is -2.51. The van der Waals surface area contributed by atoms with E-state index in [4.69, 9.17) is 0 Å². The second-order valence-corrected chi connectivity index (χ2v) is 14.7. The van der Waals surface area contributed by atoms with Crippen LogP contribution < -0.4 is 5.32 Å². The number of carbonyl (C=O) groups is 1. The predicted molar refractivity (Wildman–Crippen MR) is 153 cm³/mol. The molecule has 0 aromatic carbocycles. The van der Waals surface area contributed by atoms with Gasteiger partial charge in [-0.15, -0.1) is 0 Å². The van der Waals surface area contributed by atoms with Crippen LogP contribution >= 0.6 is 0 Å². The molecule has 4 rings (SSSR count). The van der Waals surface area contributed by atoms with Gasteiger partial charge >= 0.3 is 0 Å². The van der Waals surface area contributed by atoms with Crippen molar-refractivity contribution in [3.8, 4) is 0 Å². The number of nitrogens with one attached hydrogen (secondary N) is 1. The first-order chi connectivity index (χ1) is 17.1. The summed E-state index contributed by atoms with van der Waals surface area (Å²) in [6, 6.07) is 0. The average molecular weight is 499 g/mol. The van der Waals surface area contributed by atoms with Gasteiger partial charge in [0, 0.05) is 12.5 Å². The van der Waals surface area contributed by atoms with Gasteiger partial charge in [-0.25, -0.2) is 0 Å². The Bertz CT molecular complexity index is 787. The van der Waals surface area contributed by atoms with Crippen LogP contribution in [-0.4, -0.2) is 38.0 Å². The highest BCUT2D eigenvalue weighted by Gasteiger charge is 2.59. The van der Waals surface area contributed by atoms with Crippen LogP contribution in [0.4, 0.5) is 0 Å². The number of nitrogens with zero attached hydrogens (tertiary/aromatic N) is 1. The van der Waals surface area contributed by atoms with E-state index in [9.17, 15) is 4.79 Å². The fourth-order valence-electron chi connectivity index (χ4n) is 9.66. The van der Waals surface area contributed by atoms with Crippen LogP contribution in [0.25, 0.3) is 0 Å². The van der Waals surface area contributed by atoms with Gasteiger partial charge in [-0.2, -0.15) is 0 Å². The predicted octanol–water partition coefficient (Wildman–Crippen LogP) is 7.71. The molecule has 206 valence electrons. The molecule has 3 fully saturated rings. The first-order valence-corrected chi connectivity index (χ1v) is 15.7. The molecule has 3 saturated carbocycles. The van der Waals surface area contributed by atoms with Gasteiger partial charge in [0.1, 0.15) is 0 Å². The zero-order chi connectivity index (χ0) is 26.1. The zero-order valence-electron chi connectivity index (χ0n) is 24.9. The molecular formula is C33H58N2O. The number of amides is 1. The standard InChI is InChI=1S/C33H58N2O/c1-23(2)10-8-11-24(3)28-14-15-29-27-13-12-26-22-25(31(36)34-20-9-21-35(6)7)16-18-32(26,4)30(27)17-19-33(28,29)5/h12,23-25,27-30H,8-11,13-22H2,1-7H3,(H,34,36)/t24-,25?,27?,28-,29?,30?,32+,33-/m1/s1. The zero-order valence-corrected chi connectivity index (χ0v) is 24.9. The number of fused-ring (bicyclic) bond motifs is 5. The Morgan fingerprint density at radius 2 is 1.81 bits per heavy atom. The molecule has 3 heteroatoms. The van der Waals surface area contributed by atoms with Crippen molar-refractivity contribution < 1.29 is 4.79 Å². The topological polar surface area (TPSA) is 32.3 Å². The summed E-state index contributed by atoms with van der Waals surface area (Å²) in [5.74, 6) is 5.79. The van der Waals surface area contributed by atoms with Gasteiger partial charge in [0.05, 0.1) is 0 Å². The summed E-state index contributed by atoms with van der Waals surface area (Å²) >= 11 is 0. The van der Waals surface area contributed by atoms with Gasteiger partial charge in [0.15, 0.2) is 0 Å². The fourth-order valence-corrected chi connectivity index (χ4v) is 9.66. The highest BCUT2D eigenvalue weighted by Crippen LogP contribution is 2.67. The fraction of sp³-hybridized carbons (Fsp3) is 0.909. The van der Waals surface area contributed by atoms with Gasteiger partial charge in [-0.3, -0.25) is 4.79 Å². The smallest absolute Gasteiger partial charge is 0.223 e. The van der Waals surface area contributed by atoms with E-state index >= 15 is 0 Å². The second-order valence-electron chi connectivity index (χ2n) is 14.7. The maximum absolute atomic E-state index is 13.0. The minimum absolute atomic E-state index is 0.191. The number of allylic oxidation sites excluding steroid dienone is 2. The van der Waals surface area contributed by atoms with Gasteiger partial charge in [0.2, 0.25) is 5.91 Å². The van der Waals surface area contributed by atoms with Crippen molar-refractivity contribution in [1.82, 2.24) is 10.2 Å². The molecular weight excluding hydrogens is 440 g/mol. The van der Waals surface area contributed by atoms with Crippen molar-refractivity contribution in [2.75, 3.05) is 27.2 Å². The lowest BCUT2D eigenvalue weighted by atomic mass is 9.46. The van der Waals surface area contributed by atoms with E-state index in [1.807, 2.05) is 0 Å². The van der Waals surface area contributed by atoms with Crippen LogP contribution in [0.3, 0.4) is 0 Å². The van der Waals surface area contributed by atoms with E-state index in [-0.39, 0.29) is 5.92 Å². The molecule has 0 bridgehead atoms. The molecule has 1 N–H and O–H groups in total. The van der Waals surface area contributed by atoms with Crippen molar-refractivity contribution in [3.63, 3.8) is 0 Å². The van der Waals surface area contributed by atoms with Gasteiger partial charge in [-0.1, -0.05) is 65.5 Å². The normalized spacial score (nSPS) is 38.8. The van der Waals surface area contributed by atoms with E-state index in [0.717, 1.165) is 67.9 Å². The minimum atomic E-state index is 0.191. The van der Waals surface area contributed by atoms with Gasteiger partial charge < -0.3 is 10.2 Å². The second kappa shape index (κ2) is 11.5. The van der Waals surface area contributed by atoms with Crippen molar-refractivity contribution in [2.45, 2.75) is 112 Å². The maximum atomic E-state index is 13.0. The molecule has 0 radical (unpaired) electrons. The number of carbonyl (C=O) groups excluding carboxylic acids is 1. The Morgan fingerprint density at radius 1 is 1.03 bits per heavy atom. The summed E-state index contributed by atoms with van der Waals surface area (Å²) in [4.78, 5) is 15.1. The summed E-state index contributed by atoms with van der Waals surface area (Å²) in [6.07, 6.45) is 18.3. The molecule has 4 aliphatic carbocycles. The quantitative estimate of drug-likeness (QED) is 0.247. The molecule has 0 aromatic heterocycles. The van der Waals surface area contributed by atoms with Crippen LogP contribution in [-0.2, 0) is 4.79 Å². The number of rotatable bonds is 10. The Kier molecular flexibility index (Phi) is 9.01. The van der Waals surface area contributed by atoms with Crippen LogP contribution in [0.5, 0.6) is 0 Å².